The molecule has 98 valence electrons. The zero-order chi connectivity index (χ0) is 12.8. The second-order valence-electron chi connectivity index (χ2n) is 5.21. The van der Waals surface area contributed by atoms with E-state index in [1.807, 2.05) is 30.3 Å². The molecule has 18 heavy (non-hydrogen) atoms. The molecule has 1 saturated carbocycles. The Morgan fingerprint density at radius 1 is 1.28 bits per heavy atom. The Labute approximate surface area is 109 Å². The first kappa shape index (κ1) is 13.1. The summed E-state index contributed by atoms with van der Waals surface area (Å²) in [6, 6.07) is 9.58. The minimum absolute atomic E-state index is 0.0341. The number of anilines is 1. The number of carbonyl (C=O) groups is 1. The van der Waals surface area contributed by atoms with Gasteiger partial charge in [-0.15, -0.1) is 0 Å². The molecular weight excluding hydrogens is 224 g/mol. The first-order chi connectivity index (χ1) is 8.75. The summed E-state index contributed by atoms with van der Waals surface area (Å²) in [5.74, 6) is 1.58. The molecule has 1 amide bonds. The van der Waals surface area contributed by atoms with Crippen LogP contribution in [0.2, 0.25) is 0 Å². The van der Waals surface area contributed by atoms with Crippen molar-refractivity contribution in [2.75, 3.05) is 18.4 Å². The standard InChI is InChI=1S/C15H22N2O/c1-12-6-5-7-13(12)10-16-11-15(18)17-14-8-3-2-4-9-14/h2-4,8-9,12-13,16H,5-7,10-11H2,1H3,(H,17,18). The van der Waals surface area contributed by atoms with Gasteiger partial charge in [0.2, 0.25) is 5.91 Å². The Hall–Kier alpha value is -1.35. The minimum Gasteiger partial charge on any atom is -0.325 e. The Morgan fingerprint density at radius 3 is 2.72 bits per heavy atom. The Morgan fingerprint density at radius 2 is 2.06 bits per heavy atom. The van der Waals surface area contributed by atoms with Crippen LogP contribution in [0.3, 0.4) is 0 Å². The maximum Gasteiger partial charge on any atom is 0.238 e. The lowest BCUT2D eigenvalue weighted by Crippen LogP contribution is -2.32. The van der Waals surface area contributed by atoms with Crippen LogP contribution in [0.25, 0.3) is 0 Å². The van der Waals surface area contributed by atoms with E-state index in [1.165, 1.54) is 19.3 Å². The molecule has 0 aliphatic heterocycles. The molecule has 0 saturated heterocycles. The summed E-state index contributed by atoms with van der Waals surface area (Å²) in [6.45, 7) is 3.67. The van der Waals surface area contributed by atoms with Gasteiger partial charge in [-0.05, 0) is 36.9 Å². The molecule has 0 aromatic heterocycles. The summed E-state index contributed by atoms with van der Waals surface area (Å²) in [6.07, 6.45) is 3.97. The topological polar surface area (TPSA) is 41.1 Å². The molecule has 3 heteroatoms. The number of carbonyl (C=O) groups excluding carboxylic acids is 1. The highest BCUT2D eigenvalue weighted by Crippen LogP contribution is 2.30. The molecule has 0 spiro atoms. The van der Waals surface area contributed by atoms with Crippen molar-refractivity contribution in [3.05, 3.63) is 30.3 Å². The summed E-state index contributed by atoms with van der Waals surface area (Å²) in [5, 5.41) is 6.14. The zero-order valence-corrected chi connectivity index (χ0v) is 11.0. The van der Waals surface area contributed by atoms with E-state index in [4.69, 9.17) is 0 Å². The zero-order valence-electron chi connectivity index (χ0n) is 11.0. The highest BCUT2D eigenvalue weighted by molar-refractivity contribution is 5.92. The molecule has 0 radical (unpaired) electrons. The van der Waals surface area contributed by atoms with Crippen molar-refractivity contribution >= 4 is 11.6 Å². The Bertz CT molecular complexity index is 377. The van der Waals surface area contributed by atoms with E-state index in [9.17, 15) is 4.79 Å². The third-order valence-corrected chi connectivity index (χ3v) is 3.79. The van der Waals surface area contributed by atoms with Gasteiger partial charge in [0.1, 0.15) is 0 Å². The van der Waals surface area contributed by atoms with Gasteiger partial charge in [-0.2, -0.15) is 0 Å². The van der Waals surface area contributed by atoms with Crippen LogP contribution in [-0.4, -0.2) is 19.0 Å². The van der Waals surface area contributed by atoms with Crippen LogP contribution in [0.15, 0.2) is 30.3 Å². The van der Waals surface area contributed by atoms with E-state index in [0.29, 0.717) is 6.54 Å². The molecule has 1 fully saturated rings. The second kappa shape index (κ2) is 6.55. The fourth-order valence-corrected chi connectivity index (χ4v) is 2.62. The number of rotatable bonds is 5. The van der Waals surface area contributed by atoms with Crippen molar-refractivity contribution in [1.82, 2.24) is 5.32 Å². The summed E-state index contributed by atoms with van der Waals surface area (Å²) in [4.78, 5) is 11.7. The van der Waals surface area contributed by atoms with Crippen LogP contribution in [0.5, 0.6) is 0 Å². The number of hydrogen-bond acceptors (Lipinski definition) is 2. The quantitative estimate of drug-likeness (QED) is 0.838. The van der Waals surface area contributed by atoms with Crippen LogP contribution in [0.1, 0.15) is 26.2 Å². The number of hydrogen-bond donors (Lipinski definition) is 2. The molecule has 0 heterocycles. The van der Waals surface area contributed by atoms with E-state index in [-0.39, 0.29) is 5.91 Å². The third-order valence-electron chi connectivity index (χ3n) is 3.79. The Kier molecular flexibility index (Phi) is 4.76. The van der Waals surface area contributed by atoms with Crippen molar-refractivity contribution < 1.29 is 4.79 Å². The van der Waals surface area contributed by atoms with Gasteiger partial charge in [0.15, 0.2) is 0 Å². The number of para-hydroxylation sites is 1. The van der Waals surface area contributed by atoms with Gasteiger partial charge in [-0.1, -0.05) is 38.0 Å². The predicted octanol–water partition coefficient (Wildman–Crippen LogP) is 2.65. The molecule has 2 unspecified atom stereocenters. The fraction of sp³-hybridized carbons (Fsp3) is 0.533. The van der Waals surface area contributed by atoms with Crippen molar-refractivity contribution in [1.29, 1.82) is 0 Å². The highest BCUT2D eigenvalue weighted by Gasteiger charge is 2.22. The van der Waals surface area contributed by atoms with Gasteiger partial charge in [-0.3, -0.25) is 4.79 Å². The maximum atomic E-state index is 11.7. The molecule has 2 N–H and O–H groups in total. The van der Waals surface area contributed by atoms with E-state index >= 15 is 0 Å². The minimum atomic E-state index is 0.0341. The van der Waals surface area contributed by atoms with E-state index in [2.05, 4.69) is 17.6 Å². The lowest BCUT2D eigenvalue weighted by atomic mass is 9.98. The van der Waals surface area contributed by atoms with Gasteiger partial charge in [0.25, 0.3) is 0 Å². The largest absolute Gasteiger partial charge is 0.325 e. The van der Waals surface area contributed by atoms with Crippen LogP contribution < -0.4 is 10.6 Å². The molecule has 1 aliphatic rings. The monoisotopic (exact) mass is 246 g/mol. The van der Waals surface area contributed by atoms with E-state index < -0.39 is 0 Å². The van der Waals surface area contributed by atoms with Crippen LogP contribution in [-0.2, 0) is 4.79 Å². The van der Waals surface area contributed by atoms with Crippen molar-refractivity contribution in [2.45, 2.75) is 26.2 Å². The lowest BCUT2D eigenvalue weighted by molar-refractivity contribution is -0.115. The normalized spacial score (nSPS) is 22.9. The SMILES string of the molecule is CC1CCCC1CNCC(=O)Nc1ccccc1. The number of benzene rings is 1. The molecular formula is C15H22N2O. The second-order valence-corrected chi connectivity index (χ2v) is 5.21. The van der Waals surface area contributed by atoms with Gasteiger partial charge in [-0.25, -0.2) is 0 Å². The van der Waals surface area contributed by atoms with Crippen LogP contribution >= 0.6 is 0 Å². The number of nitrogens with one attached hydrogen (secondary N) is 2. The number of amides is 1. The predicted molar refractivity (Wildman–Crippen MR) is 74.4 cm³/mol. The molecule has 1 aromatic carbocycles. The molecule has 2 atom stereocenters. The first-order valence-corrected chi connectivity index (χ1v) is 6.81. The van der Waals surface area contributed by atoms with Gasteiger partial charge >= 0.3 is 0 Å². The molecule has 2 rings (SSSR count). The maximum absolute atomic E-state index is 11.7. The fourth-order valence-electron chi connectivity index (χ4n) is 2.62. The molecule has 0 bridgehead atoms. The summed E-state index contributed by atoms with van der Waals surface area (Å²) < 4.78 is 0. The van der Waals surface area contributed by atoms with E-state index in [1.54, 1.807) is 0 Å². The smallest absolute Gasteiger partial charge is 0.238 e. The summed E-state index contributed by atoms with van der Waals surface area (Å²) in [7, 11) is 0. The van der Waals surface area contributed by atoms with Gasteiger partial charge in [0.05, 0.1) is 6.54 Å². The molecule has 1 aliphatic carbocycles. The molecule has 1 aromatic rings. The molecule has 3 nitrogen and oxygen atoms in total. The van der Waals surface area contributed by atoms with Gasteiger partial charge < -0.3 is 10.6 Å². The summed E-state index contributed by atoms with van der Waals surface area (Å²) in [5.41, 5.74) is 0.860. The highest BCUT2D eigenvalue weighted by atomic mass is 16.1. The Balaban J connectivity index is 1.66. The van der Waals surface area contributed by atoms with Crippen LogP contribution in [0, 0.1) is 11.8 Å². The summed E-state index contributed by atoms with van der Waals surface area (Å²) >= 11 is 0. The first-order valence-electron chi connectivity index (χ1n) is 6.81. The van der Waals surface area contributed by atoms with Gasteiger partial charge in [0, 0.05) is 5.69 Å². The average Bonchev–Trinajstić information content (AvgIpc) is 2.76. The average molecular weight is 246 g/mol. The van der Waals surface area contributed by atoms with Crippen molar-refractivity contribution in [3.8, 4) is 0 Å². The third kappa shape index (κ3) is 3.84. The van der Waals surface area contributed by atoms with Crippen molar-refractivity contribution in [2.24, 2.45) is 11.8 Å². The lowest BCUT2D eigenvalue weighted by Gasteiger charge is -2.15. The van der Waals surface area contributed by atoms with Crippen LogP contribution in [0.4, 0.5) is 5.69 Å². The van der Waals surface area contributed by atoms with E-state index in [0.717, 1.165) is 24.1 Å². The van der Waals surface area contributed by atoms with Crippen molar-refractivity contribution in [3.63, 3.8) is 0 Å².